The number of aliphatic hydroxyl groups excluding tert-OH is 1. The van der Waals surface area contributed by atoms with E-state index in [1.165, 1.54) is 5.56 Å². The number of hydrogen-bond donors (Lipinski definition) is 4. The molecule has 11 nitrogen and oxygen atoms in total. The standard InChI is InChI=1S/C32H38N8O3/c1-22-19-24(5-8-28(22)37-32(42)35-25-6-7-25)30-27(21-40(38-30)13-16-41)29-9-11-33-31(36-29)34-26-4-2-3-23(20-26)10-12-39-14-17-43-18-15-39/h2-5,8-9,11,19-21,25,41H,6-7,10,12-18H2,1H3,(H,33,34,36)(H2,35,37,42). The Kier molecular flexibility index (Phi) is 8.92. The van der Waals surface area contributed by atoms with Crippen molar-refractivity contribution in [2.24, 2.45) is 0 Å². The van der Waals surface area contributed by atoms with Gasteiger partial charge in [-0.3, -0.25) is 9.58 Å². The van der Waals surface area contributed by atoms with Crippen molar-refractivity contribution >= 4 is 23.4 Å². The topological polar surface area (TPSA) is 129 Å². The van der Waals surface area contributed by atoms with Crippen LogP contribution in [-0.4, -0.2) is 81.3 Å². The third-order valence-corrected chi connectivity index (χ3v) is 7.69. The molecule has 0 unspecified atom stereocenters. The van der Waals surface area contributed by atoms with Crippen molar-refractivity contribution in [2.45, 2.75) is 38.8 Å². The highest BCUT2D eigenvalue weighted by Gasteiger charge is 2.23. The van der Waals surface area contributed by atoms with Gasteiger partial charge < -0.3 is 25.8 Å². The van der Waals surface area contributed by atoms with Gasteiger partial charge in [-0.2, -0.15) is 5.10 Å². The second kappa shape index (κ2) is 13.3. The van der Waals surface area contributed by atoms with E-state index in [0.29, 0.717) is 18.2 Å². The van der Waals surface area contributed by atoms with Gasteiger partial charge >= 0.3 is 6.03 Å². The van der Waals surface area contributed by atoms with E-state index in [9.17, 15) is 9.90 Å². The fourth-order valence-corrected chi connectivity index (χ4v) is 5.18. The van der Waals surface area contributed by atoms with Crippen LogP contribution >= 0.6 is 0 Å². The van der Waals surface area contributed by atoms with E-state index in [0.717, 1.165) is 85.9 Å². The number of anilines is 3. The lowest BCUT2D eigenvalue weighted by atomic mass is 10.0. The molecule has 2 aliphatic rings. The first-order chi connectivity index (χ1) is 21.0. The highest BCUT2D eigenvalue weighted by Crippen LogP contribution is 2.33. The summed E-state index contributed by atoms with van der Waals surface area (Å²) >= 11 is 0. The predicted molar refractivity (Wildman–Crippen MR) is 166 cm³/mol. The first-order valence-electron chi connectivity index (χ1n) is 14.9. The fourth-order valence-electron chi connectivity index (χ4n) is 5.18. The lowest BCUT2D eigenvalue weighted by Gasteiger charge is -2.26. The number of morpholine rings is 1. The molecule has 0 atom stereocenters. The Balaban J connectivity index is 1.20. The van der Waals surface area contributed by atoms with Crippen molar-refractivity contribution < 1.29 is 14.6 Å². The quantitative estimate of drug-likeness (QED) is 0.207. The van der Waals surface area contributed by atoms with Crippen LogP contribution in [-0.2, 0) is 17.7 Å². The monoisotopic (exact) mass is 582 g/mol. The fraction of sp³-hybridized carbons (Fsp3) is 0.375. The van der Waals surface area contributed by atoms with Crippen molar-refractivity contribution in [2.75, 3.05) is 50.1 Å². The number of nitrogens with zero attached hydrogens (tertiary/aromatic N) is 5. The summed E-state index contributed by atoms with van der Waals surface area (Å²) in [7, 11) is 0. The van der Waals surface area contributed by atoms with E-state index in [4.69, 9.17) is 14.8 Å². The summed E-state index contributed by atoms with van der Waals surface area (Å²) in [6.07, 6.45) is 6.66. The summed E-state index contributed by atoms with van der Waals surface area (Å²) in [5, 5.41) is 23.6. The Morgan fingerprint density at radius 1 is 1.09 bits per heavy atom. The van der Waals surface area contributed by atoms with Crippen LogP contribution in [0.25, 0.3) is 22.5 Å². The summed E-state index contributed by atoms with van der Waals surface area (Å²) in [6, 6.07) is 16.2. The number of rotatable bonds is 11. The minimum Gasteiger partial charge on any atom is -0.394 e. The SMILES string of the molecule is Cc1cc(-c2nn(CCO)cc2-c2ccnc(Nc3cccc(CCN4CCOCC4)c3)n2)ccc1NC(=O)NC1CC1. The van der Waals surface area contributed by atoms with Crippen LogP contribution in [0.2, 0.25) is 0 Å². The van der Waals surface area contributed by atoms with E-state index in [1.54, 1.807) is 10.9 Å². The van der Waals surface area contributed by atoms with Crippen LogP contribution in [0, 0.1) is 6.92 Å². The first-order valence-corrected chi connectivity index (χ1v) is 14.9. The van der Waals surface area contributed by atoms with Crippen LogP contribution in [0.5, 0.6) is 0 Å². The van der Waals surface area contributed by atoms with Gasteiger partial charge in [0.15, 0.2) is 0 Å². The molecule has 1 aliphatic carbocycles. The van der Waals surface area contributed by atoms with Gasteiger partial charge in [-0.1, -0.05) is 18.2 Å². The van der Waals surface area contributed by atoms with Gasteiger partial charge in [0.1, 0.15) is 5.69 Å². The van der Waals surface area contributed by atoms with Gasteiger partial charge in [0.25, 0.3) is 0 Å². The van der Waals surface area contributed by atoms with Crippen molar-refractivity contribution in [1.82, 2.24) is 30.0 Å². The second-order valence-corrected chi connectivity index (χ2v) is 11.1. The van der Waals surface area contributed by atoms with Gasteiger partial charge in [-0.05, 0) is 67.6 Å². The van der Waals surface area contributed by atoms with Crippen molar-refractivity contribution in [1.29, 1.82) is 0 Å². The number of ether oxygens (including phenoxy) is 1. The Morgan fingerprint density at radius 2 is 1.95 bits per heavy atom. The van der Waals surface area contributed by atoms with Gasteiger partial charge in [0.2, 0.25) is 5.95 Å². The third-order valence-electron chi connectivity index (χ3n) is 7.69. The molecule has 2 amide bonds. The molecule has 1 saturated heterocycles. The maximum absolute atomic E-state index is 12.3. The highest BCUT2D eigenvalue weighted by atomic mass is 16.5. The van der Waals surface area contributed by atoms with Crippen LogP contribution in [0.15, 0.2) is 60.9 Å². The van der Waals surface area contributed by atoms with Gasteiger partial charge in [-0.25, -0.2) is 14.8 Å². The van der Waals surface area contributed by atoms with E-state index in [-0.39, 0.29) is 18.7 Å². The molecule has 3 heterocycles. The van der Waals surface area contributed by atoms with Crippen LogP contribution in [0.3, 0.4) is 0 Å². The molecule has 0 bridgehead atoms. The number of aliphatic hydroxyl groups is 1. The average molecular weight is 583 g/mol. The maximum atomic E-state index is 12.3. The number of amides is 2. The lowest BCUT2D eigenvalue weighted by Crippen LogP contribution is -2.37. The molecule has 43 heavy (non-hydrogen) atoms. The zero-order valence-corrected chi connectivity index (χ0v) is 24.4. The minimum atomic E-state index is -0.185. The van der Waals surface area contributed by atoms with E-state index in [2.05, 4.69) is 38.0 Å². The summed E-state index contributed by atoms with van der Waals surface area (Å²) in [6.45, 7) is 6.86. The maximum Gasteiger partial charge on any atom is 0.319 e. The Labute approximate surface area is 251 Å². The zero-order valence-electron chi connectivity index (χ0n) is 24.4. The zero-order chi connectivity index (χ0) is 29.6. The van der Waals surface area contributed by atoms with Crippen molar-refractivity contribution in [3.63, 3.8) is 0 Å². The van der Waals surface area contributed by atoms with Crippen molar-refractivity contribution in [3.8, 4) is 22.5 Å². The molecule has 2 fully saturated rings. The van der Waals surface area contributed by atoms with E-state index < -0.39 is 0 Å². The van der Waals surface area contributed by atoms with Gasteiger partial charge in [0.05, 0.1) is 32.1 Å². The molecule has 1 aliphatic heterocycles. The van der Waals surface area contributed by atoms with E-state index in [1.807, 2.05) is 49.5 Å². The van der Waals surface area contributed by atoms with Crippen LogP contribution in [0.4, 0.5) is 22.1 Å². The number of urea groups is 1. The summed E-state index contributed by atoms with van der Waals surface area (Å²) in [5.74, 6) is 0.487. The third kappa shape index (κ3) is 7.56. The normalized spacial score (nSPS) is 15.3. The lowest BCUT2D eigenvalue weighted by molar-refractivity contribution is 0.0384. The van der Waals surface area contributed by atoms with Crippen LogP contribution in [0.1, 0.15) is 24.0 Å². The molecule has 4 aromatic rings. The average Bonchev–Trinajstić information content (AvgIpc) is 3.73. The molecule has 2 aromatic carbocycles. The number of aromatic nitrogens is 4. The van der Waals surface area contributed by atoms with E-state index >= 15 is 0 Å². The molecular weight excluding hydrogens is 544 g/mol. The Bertz CT molecular complexity index is 1560. The second-order valence-electron chi connectivity index (χ2n) is 11.1. The minimum absolute atomic E-state index is 0.0307. The number of aryl methyl sites for hydroxylation is 1. The first kappa shape index (κ1) is 28.8. The smallest absolute Gasteiger partial charge is 0.319 e. The molecule has 224 valence electrons. The number of nitrogens with one attached hydrogen (secondary N) is 3. The predicted octanol–water partition coefficient (Wildman–Crippen LogP) is 4.21. The molecule has 6 rings (SSSR count). The highest BCUT2D eigenvalue weighted by molar-refractivity contribution is 5.91. The molecule has 1 saturated carbocycles. The Hall–Kier alpha value is -4.32. The summed E-state index contributed by atoms with van der Waals surface area (Å²) in [5.41, 5.74) is 7.01. The Morgan fingerprint density at radius 3 is 2.74 bits per heavy atom. The number of carbonyl (C=O) groups excluding carboxylic acids is 1. The molecule has 4 N–H and O–H groups in total. The molecular formula is C32H38N8O3. The number of hydrogen-bond acceptors (Lipinski definition) is 8. The number of benzene rings is 2. The summed E-state index contributed by atoms with van der Waals surface area (Å²) < 4.78 is 7.19. The van der Waals surface area contributed by atoms with Crippen molar-refractivity contribution in [3.05, 3.63) is 72.1 Å². The molecule has 0 radical (unpaired) electrons. The van der Waals surface area contributed by atoms with Crippen LogP contribution < -0.4 is 16.0 Å². The largest absolute Gasteiger partial charge is 0.394 e. The molecule has 0 spiro atoms. The van der Waals surface area contributed by atoms with Gasteiger partial charge in [-0.15, -0.1) is 0 Å². The number of carbonyl (C=O) groups is 1. The molecule has 2 aromatic heterocycles. The summed E-state index contributed by atoms with van der Waals surface area (Å²) in [4.78, 5) is 24.0. The van der Waals surface area contributed by atoms with Gasteiger partial charge in [0, 0.05) is 60.6 Å². The molecule has 11 heteroatoms.